The predicted molar refractivity (Wildman–Crippen MR) is 133 cm³/mol. The molecule has 0 saturated heterocycles. The molecule has 9 heteroatoms. The third-order valence-corrected chi connectivity index (χ3v) is 6.57. The van der Waals surface area contributed by atoms with Crippen molar-refractivity contribution in [2.75, 3.05) is 23.8 Å². The van der Waals surface area contributed by atoms with Crippen molar-refractivity contribution in [3.63, 3.8) is 0 Å². The summed E-state index contributed by atoms with van der Waals surface area (Å²) in [5.41, 5.74) is 2.71. The molecule has 0 radical (unpaired) electrons. The molecule has 2 aromatic carbocycles. The number of carbonyl (C=O) groups is 1. The maximum atomic E-state index is 12.6. The molecule has 0 spiro atoms. The Balaban J connectivity index is 1.57. The van der Waals surface area contributed by atoms with Gasteiger partial charge in [-0.3, -0.25) is 4.79 Å². The lowest BCUT2D eigenvalue weighted by Crippen LogP contribution is -2.23. The van der Waals surface area contributed by atoms with E-state index in [4.69, 9.17) is 5.11 Å². The van der Waals surface area contributed by atoms with Gasteiger partial charge in [0.25, 0.3) is 5.91 Å². The number of hydrogen-bond acceptors (Lipinski definition) is 6. The fourth-order valence-electron chi connectivity index (χ4n) is 3.13. The van der Waals surface area contributed by atoms with Gasteiger partial charge >= 0.3 is 0 Å². The van der Waals surface area contributed by atoms with Crippen LogP contribution in [0.5, 0.6) is 0 Å². The van der Waals surface area contributed by atoms with Crippen LogP contribution in [0.4, 0.5) is 11.5 Å². The van der Waals surface area contributed by atoms with Crippen molar-refractivity contribution >= 4 is 27.4 Å². The van der Waals surface area contributed by atoms with E-state index in [0.717, 1.165) is 11.1 Å². The Hall–Kier alpha value is -3.27. The van der Waals surface area contributed by atoms with Gasteiger partial charge in [-0.25, -0.2) is 18.1 Å². The number of anilines is 2. The molecule has 0 aliphatic heterocycles. The number of nitrogens with one attached hydrogen (secondary N) is 3. The van der Waals surface area contributed by atoms with Crippen LogP contribution in [-0.4, -0.2) is 37.6 Å². The van der Waals surface area contributed by atoms with E-state index in [-0.39, 0.29) is 29.4 Å². The quantitative estimate of drug-likeness (QED) is 0.370. The van der Waals surface area contributed by atoms with E-state index in [0.29, 0.717) is 23.6 Å². The van der Waals surface area contributed by atoms with Gasteiger partial charge in [0.1, 0.15) is 5.82 Å². The molecule has 34 heavy (non-hydrogen) atoms. The maximum absolute atomic E-state index is 12.6. The molecule has 0 aliphatic rings. The first-order valence-electron chi connectivity index (χ1n) is 10.9. The third kappa shape index (κ3) is 6.86. The second-order valence-corrected chi connectivity index (χ2v) is 10.6. The van der Waals surface area contributed by atoms with Crippen molar-refractivity contribution < 1.29 is 18.3 Å². The number of aliphatic hydroxyl groups is 1. The minimum absolute atomic E-state index is 0.00214. The average Bonchev–Trinajstić information content (AvgIpc) is 2.82. The van der Waals surface area contributed by atoms with Crippen LogP contribution in [0, 0.1) is 0 Å². The van der Waals surface area contributed by atoms with Crippen LogP contribution < -0.4 is 15.4 Å². The first kappa shape index (κ1) is 25.4. The molecule has 0 bridgehead atoms. The number of rotatable bonds is 9. The molecule has 8 nitrogen and oxygen atoms in total. The van der Waals surface area contributed by atoms with Crippen LogP contribution in [0.1, 0.15) is 42.3 Å². The normalized spacial score (nSPS) is 11.8. The van der Waals surface area contributed by atoms with E-state index in [9.17, 15) is 13.2 Å². The molecule has 180 valence electrons. The van der Waals surface area contributed by atoms with Crippen LogP contribution >= 0.6 is 0 Å². The molecule has 4 N–H and O–H groups in total. The van der Waals surface area contributed by atoms with Crippen molar-refractivity contribution in [2.24, 2.45) is 0 Å². The fraction of sp³-hybridized carbons (Fsp3) is 0.280. The monoisotopic (exact) mass is 482 g/mol. The van der Waals surface area contributed by atoms with Crippen LogP contribution in [0.25, 0.3) is 0 Å². The number of carbonyl (C=O) groups excluding carboxylic acids is 1. The molecule has 3 aromatic rings. The van der Waals surface area contributed by atoms with Gasteiger partial charge in [-0.1, -0.05) is 45.0 Å². The van der Waals surface area contributed by atoms with E-state index in [1.807, 2.05) is 12.1 Å². The smallest absolute Gasteiger partial charge is 0.255 e. The molecule has 0 unspecified atom stereocenters. The second kappa shape index (κ2) is 10.8. The van der Waals surface area contributed by atoms with E-state index >= 15 is 0 Å². The summed E-state index contributed by atoms with van der Waals surface area (Å²) >= 11 is 0. The SMILES string of the molecule is CC(C)(C)c1ccc(S(=O)(=O)NCc2ccc(C(=O)Nc3ccc(NCCO)nc3)cc2)cc1. The fourth-order valence-corrected chi connectivity index (χ4v) is 4.15. The summed E-state index contributed by atoms with van der Waals surface area (Å²) < 4.78 is 27.9. The molecule has 0 aliphatic carbocycles. The minimum atomic E-state index is -3.65. The molecule has 1 aromatic heterocycles. The zero-order chi connectivity index (χ0) is 24.8. The Morgan fingerprint density at radius 1 is 0.971 bits per heavy atom. The van der Waals surface area contributed by atoms with Gasteiger partial charge in [-0.05, 0) is 52.9 Å². The second-order valence-electron chi connectivity index (χ2n) is 8.83. The summed E-state index contributed by atoms with van der Waals surface area (Å²) in [7, 11) is -3.65. The highest BCUT2D eigenvalue weighted by Crippen LogP contribution is 2.23. The van der Waals surface area contributed by atoms with Crippen molar-refractivity contribution in [2.45, 2.75) is 37.6 Å². The lowest BCUT2D eigenvalue weighted by molar-refractivity contribution is 0.102. The number of amides is 1. The van der Waals surface area contributed by atoms with Crippen molar-refractivity contribution in [3.8, 4) is 0 Å². The molecular weight excluding hydrogens is 452 g/mol. The highest BCUT2D eigenvalue weighted by atomic mass is 32.2. The average molecular weight is 483 g/mol. The van der Waals surface area contributed by atoms with Gasteiger partial charge < -0.3 is 15.7 Å². The number of aliphatic hydroxyl groups excluding tert-OH is 1. The Bertz CT molecular complexity index is 1200. The van der Waals surface area contributed by atoms with E-state index in [1.54, 1.807) is 48.5 Å². The van der Waals surface area contributed by atoms with Crippen molar-refractivity contribution in [1.82, 2.24) is 9.71 Å². The van der Waals surface area contributed by atoms with E-state index in [2.05, 4.69) is 41.1 Å². The number of sulfonamides is 1. The zero-order valence-corrected chi connectivity index (χ0v) is 20.3. The summed E-state index contributed by atoms with van der Waals surface area (Å²) in [4.78, 5) is 16.9. The van der Waals surface area contributed by atoms with E-state index in [1.165, 1.54) is 6.20 Å². The largest absolute Gasteiger partial charge is 0.395 e. The lowest BCUT2D eigenvalue weighted by atomic mass is 9.87. The van der Waals surface area contributed by atoms with Gasteiger partial charge in [0.05, 0.1) is 23.4 Å². The van der Waals surface area contributed by atoms with Gasteiger partial charge in [0, 0.05) is 18.7 Å². The zero-order valence-electron chi connectivity index (χ0n) is 19.5. The number of pyridine rings is 1. The molecule has 3 rings (SSSR count). The highest BCUT2D eigenvalue weighted by molar-refractivity contribution is 7.89. The Kier molecular flexibility index (Phi) is 8.03. The minimum Gasteiger partial charge on any atom is -0.395 e. The molecule has 0 fully saturated rings. The van der Waals surface area contributed by atoms with E-state index < -0.39 is 10.0 Å². The summed E-state index contributed by atoms with van der Waals surface area (Å²) in [5, 5.41) is 14.5. The number of nitrogens with zero attached hydrogens (tertiary/aromatic N) is 1. The number of aromatic nitrogens is 1. The first-order valence-corrected chi connectivity index (χ1v) is 12.4. The summed E-state index contributed by atoms with van der Waals surface area (Å²) in [5.74, 6) is 0.299. The predicted octanol–water partition coefficient (Wildman–Crippen LogP) is 3.51. The molecular formula is C25H30N4O4S. The maximum Gasteiger partial charge on any atom is 0.255 e. The summed E-state index contributed by atoms with van der Waals surface area (Å²) in [6.45, 7) is 6.72. The first-order chi connectivity index (χ1) is 16.1. The highest BCUT2D eigenvalue weighted by Gasteiger charge is 2.17. The third-order valence-electron chi connectivity index (χ3n) is 5.15. The Labute approximate surface area is 200 Å². The van der Waals surface area contributed by atoms with Crippen LogP contribution in [0.15, 0.2) is 71.8 Å². The topological polar surface area (TPSA) is 120 Å². The Morgan fingerprint density at radius 3 is 2.21 bits per heavy atom. The van der Waals surface area contributed by atoms with Gasteiger partial charge in [-0.2, -0.15) is 0 Å². The van der Waals surface area contributed by atoms with Crippen LogP contribution in [0.3, 0.4) is 0 Å². The van der Waals surface area contributed by atoms with Crippen LogP contribution in [-0.2, 0) is 22.0 Å². The standard InChI is InChI=1S/C25H30N4O4S/c1-25(2,3)20-8-11-22(12-9-20)34(32,33)28-16-18-4-6-19(7-5-18)24(31)29-21-10-13-23(27-17-21)26-14-15-30/h4-13,17,28,30H,14-16H2,1-3H3,(H,26,27)(H,29,31). The Morgan fingerprint density at radius 2 is 1.65 bits per heavy atom. The number of hydrogen-bond donors (Lipinski definition) is 4. The van der Waals surface area contributed by atoms with Crippen molar-refractivity contribution in [1.29, 1.82) is 0 Å². The molecule has 1 amide bonds. The van der Waals surface area contributed by atoms with Crippen LogP contribution in [0.2, 0.25) is 0 Å². The number of benzene rings is 2. The van der Waals surface area contributed by atoms with Gasteiger partial charge in [0.15, 0.2) is 0 Å². The van der Waals surface area contributed by atoms with Crippen molar-refractivity contribution in [3.05, 3.63) is 83.6 Å². The summed E-state index contributed by atoms with van der Waals surface area (Å²) in [6.07, 6.45) is 1.52. The van der Waals surface area contributed by atoms with Gasteiger partial charge in [0.2, 0.25) is 10.0 Å². The molecule has 0 saturated carbocycles. The van der Waals surface area contributed by atoms with Gasteiger partial charge in [-0.15, -0.1) is 0 Å². The summed E-state index contributed by atoms with van der Waals surface area (Å²) in [6, 6.07) is 17.0. The molecule has 0 atom stereocenters. The molecule has 1 heterocycles. The lowest BCUT2D eigenvalue weighted by Gasteiger charge is -2.19.